The van der Waals surface area contributed by atoms with Crippen LogP contribution < -0.4 is 9.80 Å². The van der Waals surface area contributed by atoms with Crippen LogP contribution in [-0.2, 0) is 9.53 Å². The molecule has 1 N–H and O–H groups in total. The van der Waals surface area contributed by atoms with Gasteiger partial charge in [-0.25, -0.2) is 9.97 Å². The van der Waals surface area contributed by atoms with Gasteiger partial charge in [-0.3, -0.25) is 14.9 Å². The molecule has 144 valence electrons. The predicted molar refractivity (Wildman–Crippen MR) is 95.2 cm³/mol. The highest BCUT2D eigenvalue weighted by molar-refractivity contribution is 5.74. The number of likely N-dealkylation sites (N-methyl/N-ethyl adjacent to an activating group) is 1. The number of ether oxygens (including phenoxy) is 1. The maximum atomic E-state index is 11.9. The summed E-state index contributed by atoms with van der Waals surface area (Å²) in [6.45, 7) is 5.50. The molecule has 0 bridgehead atoms. The fraction of sp³-hybridized carbons (Fsp3) is 0.688. The molecule has 26 heavy (non-hydrogen) atoms. The molecule has 0 aliphatic carbocycles. The molecule has 0 spiro atoms. The van der Waals surface area contributed by atoms with Crippen LogP contribution in [0.1, 0.15) is 26.7 Å². The standard InChI is InChI=1S/C16H25N5O5/c1-3-19(9-10-22)14-13(21(24)25)15(18-11-17-14)20-7-5-12(6-8-20)16(23)26-4-2/h11-12,22H,3-10H2,1-2H3. The molecule has 0 saturated carbocycles. The summed E-state index contributed by atoms with van der Waals surface area (Å²) in [7, 11) is 0. The third kappa shape index (κ3) is 4.37. The highest BCUT2D eigenvalue weighted by Gasteiger charge is 2.33. The van der Waals surface area contributed by atoms with E-state index < -0.39 is 4.92 Å². The van der Waals surface area contributed by atoms with Crippen LogP contribution in [0.4, 0.5) is 17.3 Å². The molecule has 2 heterocycles. The summed E-state index contributed by atoms with van der Waals surface area (Å²) in [5, 5.41) is 20.9. The van der Waals surface area contributed by atoms with Gasteiger partial charge in [0.05, 0.1) is 24.1 Å². The zero-order chi connectivity index (χ0) is 19.1. The summed E-state index contributed by atoms with van der Waals surface area (Å²) in [6, 6.07) is 0. The minimum Gasteiger partial charge on any atom is -0.466 e. The van der Waals surface area contributed by atoms with Crippen molar-refractivity contribution in [1.82, 2.24) is 9.97 Å². The van der Waals surface area contributed by atoms with E-state index in [0.29, 0.717) is 39.1 Å². The largest absolute Gasteiger partial charge is 0.466 e. The van der Waals surface area contributed by atoms with Gasteiger partial charge in [-0.1, -0.05) is 0 Å². The van der Waals surface area contributed by atoms with E-state index in [4.69, 9.17) is 4.74 Å². The van der Waals surface area contributed by atoms with Crippen molar-refractivity contribution >= 4 is 23.3 Å². The highest BCUT2D eigenvalue weighted by atomic mass is 16.6. The molecule has 1 aliphatic heterocycles. The van der Waals surface area contributed by atoms with Crippen LogP contribution in [0.2, 0.25) is 0 Å². The molecule has 0 unspecified atom stereocenters. The summed E-state index contributed by atoms with van der Waals surface area (Å²) in [6.07, 6.45) is 2.42. The number of piperidine rings is 1. The van der Waals surface area contributed by atoms with Crippen molar-refractivity contribution in [3.63, 3.8) is 0 Å². The van der Waals surface area contributed by atoms with Crippen molar-refractivity contribution in [1.29, 1.82) is 0 Å². The fourth-order valence-corrected chi connectivity index (χ4v) is 3.11. The van der Waals surface area contributed by atoms with E-state index in [1.165, 1.54) is 6.33 Å². The lowest BCUT2D eigenvalue weighted by atomic mass is 9.97. The van der Waals surface area contributed by atoms with Gasteiger partial charge in [0.25, 0.3) is 0 Å². The van der Waals surface area contributed by atoms with Crippen molar-refractivity contribution in [2.75, 3.05) is 49.2 Å². The monoisotopic (exact) mass is 367 g/mol. The number of hydrogen-bond acceptors (Lipinski definition) is 9. The molecule has 0 radical (unpaired) electrons. The number of nitro groups is 1. The third-order valence-electron chi connectivity index (χ3n) is 4.43. The van der Waals surface area contributed by atoms with E-state index >= 15 is 0 Å². The lowest BCUT2D eigenvalue weighted by molar-refractivity contribution is -0.383. The summed E-state index contributed by atoms with van der Waals surface area (Å²) in [5.41, 5.74) is -0.169. The van der Waals surface area contributed by atoms with E-state index in [2.05, 4.69) is 9.97 Å². The second-order valence-corrected chi connectivity index (χ2v) is 5.94. The van der Waals surface area contributed by atoms with Crippen molar-refractivity contribution in [2.45, 2.75) is 26.7 Å². The van der Waals surface area contributed by atoms with Crippen LogP contribution in [0.3, 0.4) is 0 Å². The number of anilines is 2. The fourth-order valence-electron chi connectivity index (χ4n) is 3.11. The average molecular weight is 367 g/mol. The summed E-state index contributed by atoms with van der Waals surface area (Å²) < 4.78 is 5.05. The van der Waals surface area contributed by atoms with Crippen LogP contribution in [0.15, 0.2) is 6.33 Å². The first-order valence-electron chi connectivity index (χ1n) is 8.80. The first-order chi connectivity index (χ1) is 12.5. The quantitative estimate of drug-likeness (QED) is 0.407. The second-order valence-electron chi connectivity index (χ2n) is 5.94. The van der Waals surface area contributed by atoms with E-state index in [1.54, 1.807) is 11.8 Å². The number of esters is 1. The van der Waals surface area contributed by atoms with Gasteiger partial charge in [0.15, 0.2) is 0 Å². The molecule has 0 atom stereocenters. The Hall–Kier alpha value is -2.49. The van der Waals surface area contributed by atoms with Crippen LogP contribution in [0.25, 0.3) is 0 Å². The summed E-state index contributed by atoms with van der Waals surface area (Å²) in [5.74, 6) is 0.0426. The highest BCUT2D eigenvalue weighted by Crippen LogP contribution is 2.35. The van der Waals surface area contributed by atoms with Gasteiger partial charge in [-0.2, -0.15) is 0 Å². The summed E-state index contributed by atoms with van der Waals surface area (Å²) >= 11 is 0. The van der Waals surface area contributed by atoms with Crippen molar-refractivity contribution in [3.8, 4) is 0 Å². The SMILES string of the molecule is CCOC(=O)C1CCN(c2ncnc(N(CC)CCO)c2[N+](=O)[O-])CC1. The Morgan fingerprint density at radius 2 is 2.12 bits per heavy atom. The smallest absolute Gasteiger partial charge is 0.353 e. The van der Waals surface area contributed by atoms with Gasteiger partial charge in [0, 0.05) is 26.2 Å². The number of rotatable bonds is 8. The van der Waals surface area contributed by atoms with Crippen LogP contribution in [0, 0.1) is 16.0 Å². The first kappa shape index (κ1) is 19.8. The summed E-state index contributed by atoms with van der Waals surface area (Å²) in [4.78, 5) is 34.8. The zero-order valence-electron chi connectivity index (χ0n) is 15.1. The number of aliphatic hydroxyl groups excluding tert-OH is 1. The van der Waals surface area contributed by atoms with Crippen molar-refractivity contribution in [3.05, 3.63) is 16.4 Å². The van der Waals surface area contributed by atoms with Crippen molar-refractivity contribution < 1.29 is 19.6 Å². The molecule has 1 saturated heterocycles. The molecule has 1 aromatic rings. The number of carbonyl (C=O) groups excluding carboxylic acids is 1. The third-order valence-corrected chi connectivity index (χ3v) is 4.43. The number of aliphatic hydroxyl groups is 1. The molecule has 10 heteroatoms. The van der Waals surface area contributed by atoms with Gasteiger partial charge in [0.2, 0.25) is 11.6 Å². The number of hydrogen-bond donors (Lipinski definition) is 1. The Morgan fingerprint density at radius 1 is 1.42 bits per heavy atom. The Morgan fingerprint density at radius 3 is 2.65 bits per heavy atom. The average Bonchev–Trinajstić information content (AvgIpc) is 2.65. The van der Waals surface area contributed by atoms with E-state index in [1.807, 2.05) is 11.8 Å². The molecule has 1 aliphatic rings. The number of nitrogens with zero attached hydrogens (tertiary/aromatic N) is 5. The molecule has 2 rings (SSSR count). The normalized spacial score (nSPS) is 15.0. The maximum Gasteiger partial charge on any atom is 0.353 e. The van der Waals surface area contributed by atoms with Crippen LogP contribution in [-0.4, -0.2) is 65.4 Å². The van der Waals surface area contributed by atoms with Gasteiger partial charge in [-0.15, -0.1) is 0 Å². The Balaban J connectivity index is 2.25. The van der Waals surface area contributed by atoms with Crippen LogP contribution in [0.5, 0.6) is 0 Å². The van der Waals surface area contributed by atoms with Gasteiger partial charge in [0.1, 0.15) is 6.33 Å². The predicted octanol–water partition coefficient (Wildman–Crippen LogP) is 0.983. The topological polar surface area (TPSA) is 122 Å². The molecule has 0 amide bonds. The van der Waals surface area contributed by atoms with E-state index in [-0.39, 0.29) is 42.4 Å². The molecular weight excluding hydrogens is 342 g/mol. The first-order valence-corrected chi connectivity index (χ1v) is 8.80. The number of aromatic nitrogens is 2. The lowest BCUT2D eigenvalue weighted by Gasteiger charge is -2.32. The van der Waals surface area contributed by atoms with Gasteiger partial charge in [-0.05, 0) is 26.7 Å². The molecule has 10 nitrogen and oxygen atoms in total. The van der Waals surface area contributed by atoms with E-state index in [9.17, 15) is 20.0 Å². The Labute approximate surface area is 151 Å². The minimum atomic E-state index is -0.484. The Bertz CT molecular complexity index is 633. The van der Waals surface area contributed by atoms with Crippen LogP contribution >= 0.6 is 0 Å². The van der Waals surface area contributed by atoms with Gasteiger partial charge >= 0.3 is 11.7 Å². The maximum absolute atomic E-state index is 11.9. The molecule has 1 fully saturated rings. The number of carbonyl (C=O) groups is 1. The molecule has 1 aromatic heterocycles. The Kier molecular flexibility index (Phi) is 7.07. The lowest BCUT2D eigenvalue weighted by Crippen LogP contribution is -2.38. The van der Waals surface area contributed by atoms with Crippen molar-refractivity contribution in [2.24, 2.45) is 5.92 Å². The molecule has 0 aromatic carbocycles. The van der Waals surface area contributed by atoms with E-state index in [0.717, 1.165) is 0 Å². The molecular formula is C16H25N5O5. The zero-order valence-corrected chi connectivity index (χ0v) is 15.1. The van der Waals surface area contributed by atoms with Gasteiger partial charge < -0.3 is 19.6 Å². The minimum absolute atomic E-state index is 0.130. The second kappa shape index (κ2) is 9.27.